The first-order chi connectivity index (χ1) is 9.98. The van der Waals surface area contributed by atoms with Gasteiger partial charge in [0.05, 0.1) is 5.56 Å². The Kier molecular flexibility index (Phi) is 4.08. The fraction of sp³-hybridized carbons (Fsp3) is 0.286. The number of halogens is 4. The number of rotatable bonds is 2. The third-order valence-corrected chi connectivity index (χ3v) is 3.04. The molecule has 0 radical (unpaired) electrons. The smallest absolute Gasteiger partial charge is 0.417 e. The lowest BCUT2D eigenvalue weighted by atomic mass is 10.1. The highest BCUT2D eigenvalue weighted by molar-refractivity contribution is 9.10. The zero-order valence-electron chi connectivity index (χ0n) is 11.5. The molecule has 0 saturated carbocycles. The summed E-state index contributed by atoms with van der Waals surface area (Å²) in [6, 6.07) is 3.75. The average molecular weight is 379 g/mol. The summed E-state index contributed by atoms with van der Waals surface area (Å²) in [6.45, 7) is 3.11. The molecule has 0 atom stereocenters. The van der Waals surface area contributed by atoms with E-state index in [1.807, 2.05) is 0 Å². The van der Waals surface area contributed by atoms with Crippen molar-refractivity contribution >= 4 is 32.9 Å². The Hall–Kier alpha value is -1.83. The number of hydrogen-bond donors (Lipinski definition) is 0. The predicted molar refractivity (Wildman–Crippen MR) is 76.1 cm³/mol. The van der Waals surface area contributed by atoms with Crippen LogP contribution in [0, 0.1) is 0 Å². The molecule has 0 saturated heterocycles. The van der Waals surface area contributed by atoms with Crippen molar-refractivity contribution in [1.82, 2.24) is 0 Å². The predicted octanol–water partition coefficient (Wildman–Crippen LogP) is 3.89. The fourth-order valence-electron chi connectivity index (χ4n) is 1.67. The van der Waals surface area contributed by atoms with Crippen molar-refractivity contribution in [1.29, 1.82) is 0 Å². The summed E-state index contributed by atoms with van der Waals surface area (Å²) in [7, 11) is 0. The molecule has 0 bridgehead atoms. The van der Waals surface area contributed by atoms with Gasteiger partial charge >= 0.3 is 17.8 Å². The molecule has 2 aromatic rings. The maximum Gasteiger partial charge on any atom is 0.417 e. The topological polar surface area (TPSA) is 56.5 Å². The average Bonchev–Trinajstić information content (AvgIpc) is 2.35. The van der Waals surface area contributed by atoms with Crippen molar-refractivity contribution in [2.24, 2.45) is 0 Å². The first kappa shape index (κ1) is 16.5. The van der Waals surface area contributed by atoms with E-state index in [2.05, 4.69) is 15.9 Å². The third-order valence-electron chi connectivity index (χ3n) is 2.72. The number of alkyl halides is 4. The van der Waals surface area contributed by atoms with Gasteiger partial charge in [-0.05, 0) is 26.0 Å². The number of benzene rings is 1. The largest absolute Gasteiger partial charge is 0.425 e. The Bertz CT molecular complexity index is 787. The summed E-state index contributed by atoms with van der Waals surface area (Å²) in [5, 5.41) is -0.287. The summed E-state index contributed by atoms with van der Waals surface area (Å²) in [6.07, 6.45) is -4.69. The number of ether oxygens (including phenoxy) is 1. The molecule has 2 rings (SSSR count). The van der Waals surface area contributed by atoms with Gasteiger partial charge in [0, 0.05) is 17.5 Å². The summed E-state index contributed by atoms with van der Waals surface area (Å²) >= 11 is 3.10. The molecule has 0 fully saturated rings. The second-order valence-electron chi connectivity index (χ2n) is 5.00. The van der Waals surface area contributed by atoms with Crippen molar-refractivity contribution < 1.29 is 27.1 Å². The molecule has 0 unspecified atom stereocenters. The van der Waals surface area contributed by atoms with Crippen molar-refractivity contribution in [2.45, 2.75) is 24.3 Å². The number of carbonyl (C=O) groups excluding carboxylic acids is 1. The van der Waals surface area contributed by atoms with E-state index in [-0.39, 0.29) is 16.7 Å². The molecule has 0 aliphatic carbocycles. The number of esters is 1. The number of fused-ring (bicyclic) bond motifs is 1. The van der Waals surface area contributed by atoms with Gasteiger partial charge in [0.1, 0.15) is 15.7 Å². The van der Waals surface area contributed by atoms with Crippen LogP contribution in [0.3, 0.4) is 0 Å². The second-order valence-corrected chi connectivity index (χ2v) is 6.98. The Balaban J connectivity index is 2.53. The molecule has 118 valence electrons. The molecule has 1 aromatic carbocycles. The number of hydrogen-bond acceptors (Lipinski definition) is 4. The van der Waals surface area contributed by atoms with Gasteiger partial charge in [0.2, 0.25) is 0 Å². The Morgan fingerprint density at radius 1 is 1.23 bits per heavy atom. The molecule has 1 heterocycles. The van der Waals surface area contributed by atoms with Crippen LogP contribution in [0.25, 0.3) is 11.0 Å². The molecule has 0 spiro atoms. The van der Waals surface area contributed by atoms with Gasteiger partial charge in [0.15, 0.2) is 0 Å². The SMILES string of the molecule is CC(C)(Br)C(=O)Oc1ccc2c(C(F)(F)F)cc(=O)oc2c1. The molecule has 8 heteroatoms. The summed E-state index contributed by atoms with van der Waals surface area (Å²) in [5.41, 5.74) is -2.54. The molecule has 1 aromatic heterocycles. The van der Waals surface area contributed by atoms with Crippen molar-refractivity contribution in [2.75, 3.05) is 0 Å². The first-order valence-electron chi connectivity index (χ1n) is 6.05. The van der Waals surface area contributed by atoms with E-state index in [1.54, 1.807) is 13.8 Å². The van der Waals surface area contributed by atoms with Crippen LogP contribution in [0.1, 0.15) is 19.4 Å². The summed E-state index contributed by atoms with van der Waals surface area (Å²) in [5.74, 6) is -0.659. The van der Waals surface area contributed by atoms with Gasteiger partial charge in [-0.1, -0.05) is 15.9 Å². The van der Waals surface area contributed by atoms with E-state index in [4.69, 9.17) is 9.15 Å². The van der Waals surface area contributed by atoms with Crippen LogP contribution >= 0.6 is 15.9 Å². The van der Waals surface area contributed by atoms with Gasteiger partial charge < -0.3 is 9.15 Å². The van der Waals surface area contributed by atoms with E-state index in [9.17, 15) is 22.8 Å². The Morgan fingerprint density at radius 3 is 2.41 bits per heavy atom. The lowest BCUT2D eigenvalue weighted by Crippen LogP contribution is -2.29. The van der Waals surface area contributed by atoms with Crippen LogP contribution in [0.5, 0.6) is 5.75 Å². The highest BCUT2D eigenvalue weighted by Crippen LogP contribution is 2.35. The quantitative estimate of drug-likeness (QED) is 0.344. The highest BCUT2D eigenvalue weighted by atomic mass is 79.9. The van der Waals surface area contributed by atoms with Gasteiger partial charge in [-0.15, -0.1) is 0 Å². The zero-order valence-corrected chi connectivity index (χ0v) is 13.0. The normalized spacial score (nSPS) is 12.5. The minimum Gasteiger partial charge on any atom is -0.425 e. The minimum atomic E-state index is -4.69. The maximum absolute atomic E-state index is 12.9. The second kappa shape index (κ2) is 5.42. The standard InChI is InChI=1S/C14H10BrF3O4/c1-13(2,15)12(20)21-7-3-4-8-9(14(16,17)18)6-11(19)22-10(8)5-7/h3-6H,1-2H3. The molecular formula is C14H10BrF3O4. The van der Waals surface area contributed by atoms with Crippen LogP contribution in [0.15, 0.2) is 33.5 Å². The van der Waals surface area contributed by atoms with Gasteiger partial charge in [0.25, 0.3) is 0 Å². The minimum absolute atomic E-state index is 0.0208. The third kappa shape index (κ3) is 3.49. The first-order valence-corrected chi connectivity index (χ1v) is 6.84. The van der Waals surface area contributed by atoms with Crippen LogP contribution in [0.2, 0.25) is 0 Å². The van der Waals surface area contributed by atoms with Crippen LogP contribution in [0.4, 0.5) is 13.2 Å². The molecular weight excluding hydrogens is 369 g/mol. The van der Waals surface area contributed by atoms with Crippen LogP contribution in [-0.4, -0.2) is 10.3 Å². The molecule has 0 aliphatic heterocycles. The highest BCUT2D eigenvalue weighted by Gasteiger charge is 2.34. The molecule has 22 heavy (non-hydrogen) atoms. The van der Waals surface area contributed by atoms with Crippen molar-refractivity contribution in [3.05, 3.63) is 40.2 Å². The van der Waals surface area contributed by atoms with Gasteiger partial charge in [-0.2, -0.15) is 13.2 Å². The maximum atomic E-state index is 12.9. The molecule has 0 amide bonds. The Morgan fingerprint density at radius 2 is 1.86 bits per heavy atom. The zero-order chi connectivity index (χ0) is 16.7. The van der Waals surface area contributed by atoms with Crippen LogP contribution < -0.4 is 10.4 Å². The molecule has 0 N–H and O–H groups in total. The van der Waals surface area contributed by atoms with E-state index in [1.165, 1.54) is 6.07 Å². The molecule has 0 aliphatic rings. The van der Waals surface area contributed by atoms with Crippen LogP contribution in [-0.2, 0) is 11.0 Å². The van der Waals surface area contributed by atoms with Gasteiger partial charge in [-0.3, -0.25) is 4.79 Å². The van der Waals surface area contributed by atoms with Crippen molar-refractivity contribution in [3.8, 4) is 5.75 Å². The molecule has 4 nitrogen and oxygen atoms in total. The van der Waals surface area contributed by atoms with E-state index in [0.29, 0.717) is 6.07 Å². The van der Waals surface area contributed by atoms with E-state index in [0.717, 1.165) is 12.1 Å². The fourth-order valence-corrected chi connectivity index (χ4v) is 1.75. The van der Waals surface area contributed by atoms with E-state index >= 15 is 0 Å². The Labute approximate surface area is 131 Å². The number of carbonyl (C=O) groups is 1. The van der Waals surface area contributed by atoms with Crippen molar-refractivity contribution in [3.63, 3.8) is 0 Å². The van der Waals surface area contributed by atoms with Gasteiger partial charge in [-0.25, -0.2) is 4.79 Å². The monoisotopic (exact) mass is 378 g/mol. The summed E-state index contributed by atoms with van der Waals surface area (Å²) in [4.78, 5) is 23.0. The van der Waals surface area contributed by atoms with E-state index < -0.39 is 27.7 Å². The lowest BCUT2D eigenvalue weighted by Gasteiger charge is -2.15. The summed E-state index contributed by atoms with van der Waals surface area (Å²) < 4.78 is 47.5. The lowest BCUT2D eigenvalue weighted by molar-refractivity contribution is -0.137.